The monoisotopic (exact) mass is 478 g/mol. The molecular formula is C25H27BrN4O. The molecular weight excluding hydrogens is 452 g/mol. The number of pyridine rings is 1. The van der Waals surface area contributed by atoms with E-state index in [2.05, 4.69) is 61.2 Å². The van der Waals surface area contributed by atoms with Crippen molar-refractivity contribution in [2.75, 3.05) is 37.6 Å². The van der Waals surface area contributed by atoms with Crippen LogP contribution in [0.1, 0.15) is 11.1 Å². The summed E-state index contributed by atoms with van der Waals surface area (Å²) in [4.78, 5) is 6.97. The summed E-state index contributed by atoms with van der Waals surface area (Å²) >= 11 is 3.68. The SMILES string of the molecule is C=C(NCCc1ccc(Oc2ccccc2)cc1)c1cnc(N2CCNCC2)c(Br)c1. The number of para-hydroxylation sites is 1. The van der Waals surface area contributed by atoms with Gasteiger partial charge in [-0.05, 0) is 58.2 Å². The van der Waals surface area contributed by atoms with E-state index in [1.807, 2.05) is 48.7 Å². The first-order valence-electron chi connectivity index (χ1n) is 10.6. The van der Waals surface area contributed by atoms with Crippen LogP contribution in [-0.2, 0) is 6.42 Å². The Bertz CT molecular complexity index is 1000. The Kier molecular flexibility index (Phi) is 7.22. The van der Waals surface area contributed by atoms with Crippen LogP contribution in [0.2, 0.25) is 0 Å². The molecule has 1 fully saturated rings. The van der Waals surface area contributed by atoms with Crippen molar-refractivity contribution in [2.45, 2.75) is 6.42 Å². The van der Waals surface area contributed by atoms with Gasteiger partial charge in [0.15, 0.2) is 0 Å². The number of piperazine rings is 1. The third-order valence-electron chi connectivity index (χ3n) is 5.24. The number of ether oxygens (including phenoxy) is 1. The standard InChI is InChI=1S/C25H27BrN4O/c1-19(21-17-24(26)25(29-18-21)30-15-13-27-14-16-30)28-12-11-20-7-9-23(10-8-20)31-22-5-3-2-4-6-22/h2-10,17-18,27-28H,1,11-16H2. The molecule has 0 atom stereocenters. The maximum Gasteiger partial charge on any atom is 0.142 e. The van der Waals surface area contributed by atoms with Crippen molar-refractivity contribution in [1.29, 1.82) is 0 Å². The molecule has 1 aliphatic rings. The van der Waals surface area contributed by atoms with Crippen LogP contribution in [0, 0.1) is 0 Å². The molecule has 0 bridgehead atoms. The molecule has 2 heterocycles. The predicted octanol–water partition coefficient (Wildman–Crippen LogP) is 4.85. The first kappa shape index (κ1) is 21.4. The molecule has 1 saturated heterocycles. The number of halogens is 1. The Morgan fingerprint density at radius 3 is 2.48 bits per heavy atom. The van der Waals surface area contributed by atoms with Gasteiger partial charge in [-0.25, -0.2) is 4.98 Å². The average Bonchev–Trinajstić information content (AvgIpc) is 2.81. The quantitative estimate of drug-likeness (QED) is 0.484. The van der Waals surface area contributed by atoms with Gasteiger partial charge in [-0.2, -0.15) is 0 Å². The van der Waals surface area contributed by atoms with Gasteiger partial charge in [0.05, 0.1) is 4.47 Å². The second-order valence-electron chi connectivity index (χ2n) is 7.48. The smallest absolute Gasteiger partial charge is 0.142 e. The zero-order valence-corrected chi connectivity index (χ0v) is 19.1. The zero-order valence-electron chi connectivity index (χ0n) is 17.5. The summed E-state index contributed by atoms with van der Waals surface area (Å²) in [6, 6.07) is 20.1. The van der Waals surface area contributed by atoms with Gasteiger partial charge in [-0.1, -0.05) is 36.9 Å². The van der Waals surface area contributed by atoms with Gasteiger partial charge in [0.2, 0.25) is 0 Å². The molecule has 31 heavy (non-hydrogen) atoms. The van der Waals surface area contributed by atoms with Crippen molar-refractivity contribution >= 4 is 27.4 Å². The summed E-state index contributed by atoms with van der Waals surface area (Å²) in [5, 5.41) is 6.79. The maximum absolute atomic E-state index is 5.85. The van der Waals surface area contributed by atoms with Crippen molar-refractivity contribution in [3.8, 4) is 11.5 Å². The zero-order chi connectivity index (χ0) is 21.5. The Morgan fingerprint density at radius 2 is 1.77 bits per heavy atom. The topological polar surface area (TPSA) is 49.4 Å². The van der Waals surface area contributed by atoms with Gasteiger partial charge in [0.1, 0.15) is 17.3 Å². The van der Waals surface area contributed by atoms with Gasteiger partial charge in [-0.15, -0.1) is 0 Å². The molecule has 1 aliphatic heterocycles. The number of nitrogens with one attached hydrogen (secondary N) is 2. The number of rotatable bonds is 8. The summed E-state index contributed by atoms with van der Waals surface area (Å²) in [6.07, 6.45) is 2.80. The van der Waals surface area contributed by atoms with Crippen LogP contribution in [0.25, 0.3) is 5.70 Å². The van der Waals surface area contributed by atoms with Gasteiger partial charge in [-0.3, -0.25) is 0 Å². The highest BCUT2D eigenvalue weighted by Gasteiger charge is 2.15. The van der Waals surface area contributed by atoms with Crippen LogP contribution in [-0.4, -0.2) is 37.7 Å². The number of anilines is 1. The lowest BCUT2D eigenvalue weighted by atomic mass is 10.1. The highest BCUT2D eigenvalue weighted by atomic mass is 79.9. The van der Waals surface area contributed by atoms with E-state index in [1.165, 1.54) is 5.56 Å². The number of aromatic nitrogens is 1. The number of benzene rings is 2. The third kappa shape index (κ3) is 5.87. The lowest BCUT2D eigenvalue weighted by molar-refractivity contribution is 0.482. The summed E-state index contributed by atoms with van der Waals surface area (Å²) in [5.41, 5.74) is 3.12. The van der Waals surface area contributed by atoms with Gasteiger partial charge in [0, 0.05) is 50.2 Å². The third-order valence-corrected chi connectivity index (χ3v) is 5.82. The molecule has 0 aliphatic carbocycles. The first-order chi connectivity index (χ1) is 15.2. The van der Waals surface area contributed by atoms with Crippen molar-refractivity contribution in [3.63, 3.8) is 0 Å². The van der Waals surface area contributed by atoms with Crippen LogP contribution < -0.4 is 20.3 Å². The van der Waals surface area contributed by atoms with E-state index in [4.69, 9.17) is 4.74 Å². The van der Waals surface area contributed by atoms with E-state index in [0.29, 0.717) is 0 Å². The van der Waals surface area contributed by atoms with E-state index in [1.54, 1.807) is 0 Å². The molecule has 0 saturated carbocycles. The van der Waals surface area contributed by atoms with E-state index in [-0.39, 0.29) is 0 Å². The van der Waals surface area contributed by atoms with Gasteiger partial charge < -0.3 is 20.3 Å². The Labute approximate surface area is 192 Å². The fraction of sp³-hybridized carbons (Fsp3) is 0.240. The van der Waals surface area contributed by atoms with Crippen LogP contribution >= 0.6 is 15.9 Å². The molecule has 0 radical (unpaired) electrons. The molecule has 0 spiro atoms. The molecule has 6 heteroatoms. The highest BCUT2D eigenvalue weighted by Crippen LogP contribution is 2.27. The number of hydrogen-bond donors (Lipinski definition) is 2. The normalized spacial score (nSPS) is 13.6. The van der Waals surface area contributed by atoms with Crippen molar-refractivity contribution in [1.82, 2.24) is 15.6 Å². The lowest BCUT2D eigenvalue weighted by Crippen LogP contribution is -2.44. The second kappa shape index (κ2) is 10.5. The van der Waals surface area contributed by atoms with Crippen LogP contribution in [0.15, 0.2) is 77.9 Å². The largest absolute Gasteiger partial charge is 0.457 e. The summed E-state index contributed by atoms with van der Waals surface area (Å²) in [5.74, 6) is 2.68. The number of hydrogen-bond acceptors (Lipinski definition) is 5. The highest BCUT2D eigenvalue weighted by molar-refractivity contribution is 9.10. The molecule has 2 N–H and O–H groups in total. The van der Waals surface area contributed by atoms with E-state index in [9.17, 15) is 0 Å². The lowest BCUT2D eigenvalue weighted by Gasteiger charge is -2.29. The molecule has 0 amide bonds. The molecule has 2 aromatic carbocycles. The van der Waals surface area contributed by atoms with Crippen LogP contribution in [0.3, 0.4) is 0 Å². The fourth-order valence-electron chi connectivity index (χ4n) is 3.51. The van der Waals surface area contributed by atoms with Crippen molar-refractivity contribution in [3.05, 3.63) is 89.0 Å². The summed E-state index contributed by atoms with van der Waals surface area (Å²) in [7, 11) is 0. The maximum atomic E-state index is 5.85. The fourth-order valence-corrected chi connectivity index (χ4v) is 4.11. The van der Waals surface area contributed by atoms with Gasteiger partial charge >= 0.3 is 0 Å². The Morgan fingerprint density at radius 1 is 1.06 bits per heavy atom. The molecule has 5 nitrogen and oxygen atoms in total. The molecule has 1 aromatic heterocycles. The Hall–Kier alpha value is -2.83. The van der Waals surface area contributed by atoms with E-state index < -0.39 is 0 Å². The average molecular weight is 479 g/mol. The predicted molar refractivity (Wildman–Crippen MR) is 131 cm³/mol. The molecule has 3 aromatic rings. The molecule has 0 unspecified atom stereocenters. The minimum atomic E-state index is 0.800. The summed E-state index contributed by atoms with van der Waals surface area (Å²) in [6.45, 7) is 8.91. The molecule has 4 rings (SSSR count). The minimum Gasteiger partial charge on any atom is -0.457 e. The summed E-state index contributed by atoms with van der Waals surface area (Å²) < 4.78 is 6.85. The second-order valence-corrected chi connectivity index (χ2v) is 8.34. The minimum absolute atomic E-state index is 0.800. The molecule has 160 valence electrons. The van der Waals surface area contributed by atoms with Crippen LogP contribution in [0.5, 0.6) is 11.5 Å². The van der Waals surface area contributed by atoms with Crippen molar-refractivity contribution in [2.24, 2.45) is 0 Å². The van der Waals surface area contributed by atoms with Crippen molar-refractivity contribution < 1.29 is 4.74 Å². The Balaban J connectivity index is 1.27. The van der Waals surface area contributed by atoms with E-state index >= 15 is 0 Å². The van der Waals surface area contributed by atoms with Gasteiger partial charge in [0.25, 0.3) is 0 Å². The van der Waals surface area contributed by atoms with Crippen LogP contribution in [0.4, 0.5) is 5.82 Å². The first-order valence-corrected chi connectivity index (χ1v) is 11.3. The van der Waals surface area contributed by atoms with E-state index in [0.717, 1.165) is 72.2 Å². The number of nitrogens with zero attached hydrogens (tertiary/aromatic N) is 2.